The van der Waals surface area contributed by atoms with E-state index in [1.807, 2.05) is 60.4 Å². The summed E-state index contributed by atoms with van der Waals surface area (Å²) in [6, 6.07) is 16.9. The number of rotatable bonds is 9. The van der Waals surface area contributed by atoms with E-state index in [0.29, 0.717) is 28.8 Å². The molecule has 3 atom stereocenters. The normalized spacial score (nSPS) is 18.9. The van der Waals surface area contributed by atoms with Gasteiger partial charge in [0.05, 0.1) is 40.9 Å². The summed E-state index contributed by atoms with van der Waals surface area (Å²) in [6.07, 6.45) is 2.74. The largest absolute Gasteiger partial charge is 0.465 e. The molecule has 2 aliphatic rings. The maximum atomic E-state index is 14.2. The van der Waals surface area contributed by atoms with Gasteiger partial charge in [-0.3, -0.25) is 15.1 Å². The van der Waals surface area contributed by atoms with E-state index in [1.165, 1.54) is 11.8 Å². The standard InChI is InChI=1S/C37H40N8O7/c1-22-19-45(20-30(41-35(47)48)32(22)43-36(49)50)31-10-13-38-18-29(31)40-34(46)33-28(42-37(51)52-21-23-6-4-3-5-7-23)17-26-9-8-25(16-27(26)39-33)24-11-14-44(2)15-12-24/h3-11,13,16-18,22,30,32,41,43H,12,14-15,19-21H2,1-2H3,(H,40,46)(H,42,51)(H,47,48)(H,49,50)/t22-,30+,32-/m0/s1. The molecule has 4 amide bonds. The second kappa shape index (κ2) is 15.8. The van der Waals surface area contributed by atoms with Crippen LogP contribution in [0.5, 0.6) is 0 Å². The van der Waals surface area contributed by atoms with Gasteiger partial charge in [0.25, 0.3) is 5.91 Å². The number of carbonyl (C=O) groups excluding carboxylic acids is 2. The van der Waals surface area contributed by atoms with Crippen LogP contribution in [0.25, 0.3) is 16.5 Å². The Morgan fingerprint density at radius 1 is 0.942 bits per heavy atom. The van der Waals surface area contributed by atoms with Crippen LogP contribution < -0.4 is 26.2 Å². The fourth-order valence-corrected chi connectivity index (χ4v) is 6.64. The van der Waals surface area contributed by atoms with Crippen LogP contribution in [-0.2, 0) is 11.3 Å². The number of aromatic nitrogens is 2. The van der Waals surface area contributed by atoms with Crippen LogP contribution in [0, 0.1) is 5.92 Å². The highest BCUT2D eigenvalue weighted by Crippen LogP contribution is 2.32. The molecule has 4 aromatic rings. The van der Waals surface area contributed by atoms with Crippen molar-refractivity contribution >= 4 is 57.7 Å². The lowest BCUT2D eigenvalue weighted by Crippen LogP contribution is -2.64. The molecule has 0 radical (unpaired) electrons. The number of nitrogens with zero attached hydrogens (tertiary/aromatic N) is 4. The molecule has 2 aromatic carbocycles. The van der Waals surface area contributed by atoms with Gasteiger partial charge in [-0.2, -0.15) is 0 Å². The lowest BCUT2D eigenvalue weighted by atomic mass is 9.89. The number of benzene rings is 2. The number of amides is 4. The van der Waals surface area contributed by atoms with Crippen LogP contribution in [-0.4, -0.2) is 94.6 Å². The summed E-state index contributed by atoms with van der Waals surface area (Å²) < 4.78 is 5.46. The van der Waals surface area contributed by atoms with Gasteiger partial charge in [-0.05, 0) is 54.3 Å². The minimum absolute atomic E-state index is 0.0246. The summed E-state index contributed by atoms with van der Waals surface area (Å²) >= 11 is 0. The maximum Gasteiger partial charge on any atom is 0.412 e. The first-order valence-electron chi connectivity index (χ1n) is 16.8. The quantitative estimate of drug-likeness (QED) is 0.136. The average Bonchev–Trinajstić information content (AvgIpc) is 3.12. The molecule has 0 aliphatic carbocycles. The number of hydrogen-bond donors (Lipinski definition) is 6. The van der Waals surface area contributed by atoms with Crippen molar-refractivity contribution in [2.24, 2.45) is 5.92 Å². The molecule has 52 heavy (non-hydrogen) atoms. The number of likely N-dealkylation sites (N-methyl/N-ethyl adjacent to an activating group) is 1. The van der Waals surface area contributed by atoms with Crippen LogP contribution in [0.15, 0.2) is 79.1 Å². The molecule has 6 rings (SSSR count). The van der Waals surface area contributed by atoms with Gasteiger partial charge in [0, 0.05) is 37.8 Å². The average molecular weight is 709 g/mol. The lowest BCUT2D eigenvalue weighted by molar-refractivity contribution is 0.102. The molecule has 1 saturated heterocycles. The fourth-order valence-electron chi connectivity index (χ4n) is 6.64. The minimum Gasteiger partial charge on any atom is -0.465 e. The van der Waals surface area contributed by atoms with Crippen molar-refractivity contribution in [1.82, 2.24) is 25.5 Å². The summed E-state index contributed by atoms with van der Waals surface area (Å²) in [5, 5.41) is 30.0. The molecule has 0 unspecified atom stereocenters. The first-order valence-corrected chi connectivity index (χ1v) is 16.8. The highest BCUT2D eigenvalue weighted by Gasteiger charge is 2.37. The Kier molecular flexibility index (Phi) is 10.8. The van der Waals surface area contributed by atoms with Crippen molar-refractivity contribution < 1.29 is 34.1 Å². The van der Waals surface area contributed by atoms with Gasteiger partial charge < -0.3 is 40.7 Å². The van der Waals surface area contributed by atoms with Crippen LogP contribution in [0.3, 0.4) is 0 Å². The summed E-state index contributed by atoms with van der Waals surface area (Å²) in [5.41, 5.74) is 4.46. The lowest BCUT2D eigenvalue weighted by Gasteiger charge is -2.43. The maximum absolute atomic E-state index is 14.2. The SMILES string of the molecule is C[C@H]1CN(c2ccncc2NC(=O)c2nc3cc(C4=CCN(C)CC4)ccc3cc2NC(=O)OCc2ccccc2)C[C@@H](NC(=O)O)[C@H]1NC(=O)O. The van der Waals surface area contributed by atoms with Crippen LogP contribution in [0.4, 0.5) is 31.4 Å². The Morgan fingerprint density at radius 2 is 1.73 bits per heavy atom. The van der Waals surface area contributed by atoms with E-state index in [1.54, 1.807) is 18.3 Å². The molecule has 0 saturated carbocycles. The highest BCUT2D eigenvalue weighted by atomic mass is 16.5. The van der Waals surface area contributed by atoms with Gasteiger partial charge in [0.15, 0.2) is 5.69 Å². The molecular formula is C37H40N8O7. The van der Waals surface area contributed by atoms with Crippen LogP contribution in [0.2, 0.25) is 0 Å². The third-order valence-corrected chi connectivity index (χ3v) is 9.22. The predicted octanol–water partition coefficient (Wildman–Crippen LogP) is 5.08. The Morgan fingerprint density at radius 3 is 2.46 bits per heavy atom. The van der Waals surface area contributed by atoms with Crippen molar-refractivity contribution in [1.29, 1.82) is 0 Å². The number of carbonyl (C=O) groups is 4. The van der Waals surface area contributed by atoms with Crippen molar-refractivity contribution in [2.75, 3.05) is 48.8 Å². The molecule has 1 fully saturated rings. The van der Waals surface area contributed by atoms with Crippen LogP contribution >= 0.6 is 0 Å². The van der Waals surface area contributed by atoms with Gasteiger partial charge >= 0.3 is 18.3 Å². The number of pyridine rings is 2. The van der Waals surface area contributed by atoms with Gasteiger partial charge in [-0.1, -0.05) is 55.5 Å². The smallest absolute Gasteiger partial charge is 0.412 e. The van der Waals surface area contributed by atoms with Crippen molar-refractivity contribution in [3.63, 3.8) is 0 Å². The summed E-state index contributed by atoms with van der Waals surface area (Å²) in [5.74, 6) is -0.943. The van der Waals surface area contributed by atoms with E-state index in [4.69, 9.17) is 9.72 Å². The molecule has 2 aromatic heterocycles. The van der Waals surface area contributed by atoms with E-state index < -0.39 is 36.3 Å². The minimum atomic E-state index is -1.29. The fraction of sp³-hybridized carbons (Fsp3) is 0.297. The third-order valence-electron chi connectivity index (χ3n) is 9.22. The Labute approximate surface area is 299 Å². The number of ether oxygens (including phenoxy) is 1. The second-order valence-electron chi connectivity index (χ2n) is 13.0. The Bertz CT molecular complexity index is 2010. The topological polar surface area (TPSA) is 198 Å². The van der Waals surface area contributed by atoms with Crippen molar-refractivity contribution in [3.05, 3.63) is 96.0 Å². The van der Waals surface area contributed by atoms with Gasteiger partial charge in [-0.15, -0.1) is 0 Å². The molecular weight excluding hydrogens is 668 g/mol. The van der Waals surface area contributed by atoms with E-state index in [9.17, 15) is 29.4 Å². The van der Waals surface area contributed by atoms with E-state index in [2.05, 4.69) is 44.3 Å². The van der Waals surface area contributed by atoms with Crippen molar-refractivity contribution in [2.45, 2.75) is 32.0 Å². The highest BCUT2D eigenvalue weighted by molar-refractivity contribution is 6.11. The molecule has 0 spiro atoms. The molecule has 2 aliphatic heterocycles. The number of fused-ring (bicyclic) bond motifs is 1. The monoisotopic (exact) mass is 708 g/mol. The zero-order chi connectivity index (χ0) is 36.8. The van der Waals surface area contributed by atoms with E-state index in [0.717, 1.165) is 30.6 Å². The van der Waals surface area contributed by atoms with E-state index in [-0.39, 0.29) is 30.5 Å². The zero-order valence-electron chi connectivity index (χ0n) is 28.7. The molecule has 15 heteroatoms. The number of carboxylic acid groups (broad SMARTS) is 2. The Hall–Kier alpha value is -6.22. The predicted molar refractivity (Wildman–Crippen MR) is 196 cm³/mol. The molecule has 270 valence electrons. The second-order valence-corrected chi connectivity index (χ2v) is 13.0. The number of nitrogens with one attached hydrogen (secondary N) is 4. The van der Waals surface area contributed by atoms with Gasteiger partial charge in [-0.25, -0.2) is 19.4 Å². The molecule has 6 N–H and O–H groups in total. The van der Waals surface area contributed by atoms with Gasteiger partial charge in [0.2, 0.25) is 0 Å². The summed E-state index contributed by atoms with van der Waals surface area (Å²) in [7, 11) is 2.07. The Balaban J connectivity index is 1.30. The molecule has 15 nitrogen and oxygen atoms in total. The summed E-state index contributed by atoms with van der Waals surface area (Å²) in [6.45, 7) is 4.04. The number of anilines is 3. The first-order chi connectivity index (χ1) is 25.0. The molecule has 4 heterocycles. The van der Waals surface area contributed by atoms with Crippen LogP contribution in [0.1, 0.15) is 35.0 Å². The number of piperidine rings is 1. The molecule has 0 bridgehead atoms. The summed E-state index contributed by atoms with van der Waals surface area (Å²) in [4.78, 5) is 63.4. The van der Waals surface area contributed by atoms with Crippen molar-refractivity contribution in [3.8, 4) is 0 Å². The first kappa shape index (κ1) is 35.6. The zero-order valence-corrected chi connectivity index (χ0v) is 28.7. The van der Waals surface area contributed by atoms with E-state index >= 15 is 0 Å². The van der Waals surface area contributed by atoms with Gasteiger partial charge in [0.1, 0.15) is 6.61 Å². The third kappa shape index (κ3) is 8.55. The number of hydrogen-bond acceptors (Lipinski definition) is 9.